The van der Waals surface area contributed by atoms with E-state index in [-0.39, 0.29) is 23.7 Å². The molecule has 0 aliphatic carbocycles. The van der Waals surface area contributed by atoms with E-state index in [1.807, 2.05) is 0 Å². The summed E-state index contributed by atoms with van der Waals surface area (Å²) >= 11 is 0. The minimum Gasteiger partial charge on any atom is -0.355 e. The molecule has 0 bridgehead atoms. The zero-order chi connectivity index (χ0) is 11.0. The SMILES string of the molecule is CCCNCCNC(=O)CC(C)(C)C.Cl. The topological polar surface area (TPSA) is 41.1 Å². The molecular formula is C11H25ClN2O. The van der Waals surface area contributed by atoms with Crippen molar-refractivity contribution in [1.82, 2.24) is 10.6 Å². The Morgan fingerprint density at radius 1 is 1.13 bits per heavy atom. The summed E-state index contributed by atoms with van der Waals surface area (Å²) in [6.45, 7) is 11.0. The van der Waals surface area contributed by atoms with Crippen LogP contribution < -0.4 is 10.6 Å². The fourth-order valence-electron chi connectivity index (χ4n) is 1.14. The molecule has 0 aliphatic heterocycles. The highest BCUT2D eigenvalue weighted by molar-refractivity contribution is 5.85. The number of hydrogen-bond acceptors (Lipinski definition) is 2. The average Bonchev–Trinajstić information content (AvgIpc) is 2.00. The standard InChI is InChI=1S/C11H24N2O.ClH/c1-5-6-12-7-8-13-10(14)9-11(2,3)4;/h12H,5-9H2,1-4H3,(H,13,14);1H. The van der Waals surface area contributed by atoms with Crippen molar-refractivity contribution in [3.05, 3.63) is 0 Å². The Morgan fingerprint density at radius 3 is 2.20 bits per heavy atom. The highest BCUT2D eigenvalue weighted by atomic mass is 35.5. The zero-order valence-electron chi connectivity index (χ0n) is 10.4. The second-order valence-corrected chi connectivity index (χ2v) is 4.84. The van der Waals surface area contributed by atoms with E-state index in [4.69, 9.17) is 0 Å². The summed E-state index contributed by atoms with van der Waals surface area (Å²) in [5.41, 5.74) is 0.0843. The molecule has 0 unspecified atom stereocenters. The van der Waals surface area contributed by atoms with Crippen LogP contribution in [0.5, 0.6) is 0 Å². The van der Waals surface area contributed by atoms with E-state index in [1.165, 1.54) is 0 Å². The molecule has 0 radical (unpaired) electrons. The molecule has 0 rings (SSSR count). The molecule has 0 saturated carbocycles. The van der Waals surface area contributed by atoms with Crippen LogP contribution in [0.3, 0.4) is 0 Å². The molecule has 15 heavy (non-hydrogen) atoms. The summed E-state index contributed by atoms with van der Waals surface area (Å²) in [7, 11) is 0. The smallest absolute Gasteiger partial charge is 0.220 e. The molecule has 92 valence electrons. The fraction of sp³-hybridized carbons (Fsp3) is 0.909. The lowest BCUT2D eigenvalue weighted by atomic mass is 9.92. The quantitative estimate of drug-likeness (QED) is 0.693. The second kappa shape index (κ2) is 8.98. The van der Waals surface area contributed by atoms with Crippen LogP contribution in [0.4, 0.5) is 0 Å². The van der Waals surface area contributed by atoms with Crippen molar-refractivity contribution >= 4 is 18.3 Å². The summed E-state index contributed by atoms with van der Waals surface area (Å²) in [6, 6.07) is 0. The molecule has 0 saturated heterocycles. The summed E-state index contributed by atoms with van der Waals surface area (Å²) in [5, 5.41) is 6.14. The minimum absolute atomic E-state index is 0. The number of halogens is 1. The normalized spacial score (nSPS) is 10.7. The second-order valence-electron chi connectivity index (χ2n) is 4.84. The van der Waals surface area contributed by atoms with Gasteiger partial charge >= 0.3 is 0 Å². The number of carbonyl (C=O) groups is 1. The lowest BCUT2D eigenvalue weighted by Crippen LogP contribution is -2.33. The van der Waals surface area contributed by atoms with Gasteiger partial charge in [-0.2, -0.15) is 0 Å². The van der Waals surface area contributed by atoms with E-state index in [2.05, 4.69) is 38.3 Å². The van der Waals surface area contributed by atoms with Gasteiger partial charge in [0.25, 0.3) is 0 Å². The Balaban J connectivity index is 0. The van der Waals surface area contributed by atoms with E-state index in [9.17, 15) is 4.79 Å². The predicted octanol–water partition coefficient (Wildman–Crippen LogP) is 1.96. The molecule has 2 N–H and O–H groups in total. The number of amides is 1. The van der Waals surface area contributed by atoms with Crippen molar-refractivity contribution < 1.29 is 4.79 Å². The predicted molar refractivity (Wildman–Crippen MR) is 67.5 cm³/mol. The Morgan fingerprint density at radius 2 is 1.73 bits per heavy atom. The van der Waals surface area contributed by atoms with E-state index in [1.54, 1.807) is 0 Å². The van der Waals surface area contributed by atoms with Crippen LogP contribution >= 0.6 is 12.4 Å². The molecule has 0 aromatic heterocycles. The monoisotopic (exact) mass is 236 g/mol. The molecule has 1 amide bonds. The van der Waals surface area contributed by atoms with Crippen molar-refractivity contribution in [2.75, 3.05) is 19.6 Å². The van der Waals surface area contributed by atoms with E-state index in [0.29, 0.717) is 6.42 Å². The first-order chi connectivity index (χ1) is 6.45. The molecule has 0 atom stereocenters. The third-order valence-corrected chi connectivity index (χ3v) is 1.74. The van der Waals surface area contributed by atoms with Gasteiger partial charge in [-0.15, -0.1) is 12.4 Å². The number of carbonyl (C=O) groups excluding carboxylic acids is 1. The molecule has 0 spiro atoms. The van der Waals surface area contributed by atoms with Gasteiger partial charge in [-0.05, 0) is 18.4 Å². The maximum absolute atomic E-state index is 11.4. The van der Waals surface area contributed by atoms with Crippen molar-refractivity contribution in [3.8, 4) is 0 Å². The summed E-state index contributed by atoms with van der Waals surface area (Å²) in [4.78, 5) is 11.4. The van der Waals surface area contributed by atoms with Gasteiger partial charge in [0.05, 0.1) is 0 Å². The van der Waals surface area contributed by atoms with Gasteiger partial charge in [-0.25, -0.2) is 0 Å². The highest BCUT2D eigenvalue weighted by Crippen LogP contribution is 2.17. The van der Waals surface area contributed by atoms with Crippen molar-refractivity contribution in [2.24, 2.45) is 5.41 Å². The molecule has 0 aromatic rings. The van der Waals surface area contributed by atoms with Crippen LogP contribution in [-0.2, 0) is 4.79 Å². The zero-order valence-corrected chi connectivity index (χ0v) is 11.2. The fourth-order valence-corrected chi connectivity index (χ4v) is 1.14. The third kappa shape index (κ3) is 13.7. The lowest BCUT2D eigenvalue weighted by molar-refractivity contribution is -0.122. The minimum atomic E-state index is 0. The van der Waals surface area contributed by atoms with Crippen molar-refractivity contribution in [3.63, 3.8) is 0 Å². The first-order valence-electron chi connectivity index (χ1n) is 5.43. The Kier molecular flexibility index (Phi) is 10.3. The molecule has 0 aromatic carbocycles. The molecule has 4 heteroatoms. The van der Waals surface area contributed by atoms with Crippen LogP contribution in [-0.4, -0.2) is 25.5 Å². The number of rotatable bonds is 6. The number of nitrogens with one attached hydrogen (secondary N) is 2. The highest BCUT2D eigenvalue weighted by Gasteiger charge is 2.14. The van der Waals surface area contributed by atoms with Crippen LogP contribution in [0, 0.1) is 5.41 Å². The third-order valence-electron chi connectivity index (χ3n) is 1.74. The van der Waals surface area contributed by atoms with Crippen LogP contribution in [0.15, 0.2) is 0 Å². The maximum atomic E-state index is 11.4. The Hall–Kier alpha value is -0.280. The molecule has 0 fully saturated rings. The summed E-state index contributed by atoms with van der Waals surface area (Å²) in [5.74, 6) is 0.149. The maximum Gasteiger partial charge on any atom is 0.220 e. The Bertz CT molecular complexity index is 166. The molecule has 0 aliphatic rings. The van der Waals surface area contributed by atoms with Crippen LogP contribution in [0.25, 0.3) is 0 Å². The Labute approximate surface area is 99.8 Å². The largest absolute Gasteiger partial charge is 0.355 e. The molecular weight excluding hydrogens is 212 g/mol. The van der Waals surface area contributed by atoms with Gasteiger partial charge in [-0.3, -0.25) is 4.79 Å². The van der Waals surface area contributed by atoms with E-state index < -0.39 is 0 Å². The van der Waals surface area contributed by atoms with Crippen molar-refractivity contribution in [2.45, 2.75) is 40.5 Å². The summed E-state index contributed by atoms with van der Waals surface area (Å²) < 4.78 is 0. The van der Waals surface area contributed by atoms with Crippen LogP contribution in [0.1, 0.15) is 40.5 Å². The van der Waals surface area contributed by atoms with Crippen LogP contribution in [0.2, 0.25) is 0 Å². The van der Waals surface area contributed by atoms with E-state index in [0.717, 1.165) is 26.1 Å². The lowest BCUT2D eigenvalue weighted by Gasteiger charge is -2.17. The van der Waals surface area contributed by atoms with Crippen molar-refractivity contribution in [1.29, 1.82) is 0 Å². The van der Waals surface area contributed by atoms with Gasteiger partial charge in [0.15, 0.2) is 0 Å². The number of hydrogen-bond donors (Lipinski definition) is 2. The van der Waals surface area contributed by atoms with Gasteiger partial charge < -0.3 is 10.6 Å². The molecule has 3 nitrogen and oxygen atoms in total. The molecule has 0 heterocycles. The first kappa shape index (κ1) is 17.1. The van der Waals surface area contributed by atoms with Gasteiger partial charge in [0.1, 0.15) is 0 Å². The first-order valence-corrected chi connectivity index (χ1v) is 5.43. The van der Waals surface area contributed by atoms with E-state index >= 15 is 0 Å². The van der Waals surface area contributed by atoms with Gasteiger partial charge in [0, 0.05) is 19.5 Å². The average molecular weight is 237 g/mol. The van der Waals surface area contributed by atoms with Gasteiger partial charge in [0.2, 0.25) is 5.91 Å². The van der Waals surface area contributed by atoms with Gasteiger partial charge in [-0.1, -0.05) is 27.7 Å². The summed E-state index contributed by atoms with van der Waals surface area (Å²) in [6.07, 6.45) is 1.73.